The topological polar surface area (TPSA) is 63.4 Å². The monoisotopic (exact) mass is 256 g/mol. The lowest BCUT2D eigenvalue weighted by atomic mass is 9.95. The Labute approximate surface area is 103 Å². The molecule has 0 amide bonds. The lowest BCUT2D eigenvalue weighted by Gasteiger charge is -2.24. The first-order chi connectivity index (χ1) is 7.61. The van der Waals surface area contributed by atoms with Crippen LogP contribution in [-0.4, -0.2) is 27.3 Å². The molecule has 0 saturated carbocycles. The van der Waals surface area contributed by atoms with Crippen LogP contribution in [0.4, 0.5) is 5.69 Å². The largest absolute Gasteiger partial charge is 0.325 e. The molecule has 5 heteroatoms. The number of sulfonamides is 1. The Morgan fingerprint density at radius 2 is 1.82 bits per heavy atom. The molecular weight excluding hydrogens is 236 g/mol. The van der Waals surface area contributed by atoms with Crippen molar-refractivity contribution in [3.05, 3.63) is 29.8 Å². The summed E-state index contributed by atoms with van der Waals surface area (Å²) in [5.41, 5.74) is 7.24. The molecule has 17 heavy (non-hydrogen) atoms. The second-order valence-corrected chi connectivity index (χ2v) is 7.04. The Balaban J connectivity index is 3.17. The standard InChI is InChI=1S/C12H20N2O2S/c1-12(2,13)9-10-7-5-6-8-11(10)14(3)17(4,15)16/h5-8H,9,13H2,1-4H3. The molecule has 1 aromatic rings. The van der Waals surface area contributed by atoms with Gasteiger partial charge in [-0.1, -0.05) is 18.2 Å². The summed E-state index contributed by atoms with van der Waals surface area (Å²) in [5, 5.41) is 0. The average Bonchev–Trinajstić information content (AvgIpc) is 2.13. The number of benzene rings is 1. The van der Waals surface area contributed by atoms with Gasteiger partial charge < -0.3 is 5.73 Å². The summed E-state index contributed by atoms with van der Waals surface area (Å²) in [4.78, 5) is 0. The van der Waals surface area contributed by atoms with E-state index in [1.165, 1.54) is 10.6 Å². The van der Waals surface area contributed by atoms with E-state index in [2.05, 4.69) is 0 Å². The smallest absolute Gasteiger partial charge is 0.232 e. The van der Waals surface area contributed by atoms with Gasteiger partial charge in [-0.15, -0.1) is 0 Å². The van der Waals surface area contributed by atoms with Gasteiger partial charge >= 0.3 is 0 Å². The predicted octanol–water partition coefficient (Wildman–Crippen LogP) is 1.36. The zero-order chi connectivity index (χ0) is 13.3. The van der Waals surface area contributed by atoms with E-state index in [-0.39, 0.29) is 5.54 Å². The fraction of sp³-hybridized carbons (Fsp3) is 0.500. The van der Waals surface area contributed by atoms with Gasteiger partial charge in [0.1, 0.15) is 0 Å². The molecule has 0 radical (unpaired) electrons. The Morgan fingerprint density at radius 1 is 1.29 bits per heavy atom. The fourth-order valence-corrected chi connectivity index (χ4v) is 2.17. The zero-order valence-electron chi connectivity index (χ0n) is 10.8. The summed E-state index contributed by atoms with van der Waals surface area (Å²) in [6.07, 6.45) is 1.82. The van der Waals surface area contributed by atoms with Crippen LogP contribution in [0, 0.1) is 0 Å². The van der Waals surface area contributed by atoms with Crippen LogP contribution in [0.5, 0.6) is 0 Å². The molecule has 0 unspecified atom stereocenters. The van der Waals surface area contributed by atoms with Crippen LogP contribution < -0.4 is 10.0 Å². The highest BCUT2D eigenvalue weighted by Crippen LogP contribution is 2.24. The molecule has 0 aliphatic carbocycles. The van der Waals surface area contributed by atoms with Crippen molar-refractivity contribution in [3.63, 3.8) is 0 Å². The van der Waals surface area contributed by atoms with Crippen molar-refractivity contribution in [1.82, 2.24) is 0 Å². The summed E-state index contributed by atoms with van der Waals surface area (Å²) < 4.78 is 24.4. The molecule has 0 fully saturated rings. The third kappa shape index (κ3) is 4.02. The van der Waals surface area contributed by atoms with E-state index < -0.39 is 10.0 Å². The van der Waals surface area contributed by atoms with Crippen LogP contribution in [0.15, 0.2) is 24.3 Å². The van der Waals surface area contributed by atoms with Crippen LogP contribution in [-0.2, 0) is 16.4 Å². The lowest BCUT2D eigenvalue weighted by Crippen LogP contribution is -2.35. The van der Waals surface area contributed by atoms with Crippen LogP contribution in [0.25, 0.3) is 0 Å². The highest BCUT2D eigenvalue weighted by atomic mass is 32.2. The number of nitrogens with two attached hydrogens (primary N) is 1. The molecule has 0 aliphatic rings. The van der Waals surface area contributed by atoms with E-state index in [0.717, 1.165) is 5.56 Å². The number of rotatable bonds is 4. The molecule has 0 atom stereocenters. The van der Waals surface area contributed by atoms with Crippen molar-refractivity contribution in [2.24, 2.45) is 5.73 Å². The minimum Gasteiger partial charge on any atom is -0.325 e. The maximum atomic E-state index is 11.5. The van der Waals surface area contributed by atoms with E-state index in [1.807, 2.05) is 32.0 Å². The molecule has 0 spiro atoms. The Morgan fingerprint density at radius 3 is 2.29 bits per heavy atom. The molecule has 1 rings (SSSR count). The number of hydrogen-bond acceptors (Lipinski definition) is 3. The van der Waals surface area contributed by atoms with Gasteiger partial charge in [0.25, 0.3) is 0 Å². The number of anilines is 1. The average molecular weight is 256 g/mol. The summed E-state index contributed by atoms with van der Waals surface area (Å²) in [6.45, 7) is 3.84. The molecule has 0 aromatic heterocycles. The van der Waals surface area contributed by atoms with Gasteiger partial charge in [-0.25, -0.2) is 8.42 Å². The first kappa shape index (κ1) is 14.0. The quantitative estimate of drug-likeness (QED) is 0.884. The van der Waals surface area contributed by atoms with Gasteiger partial charge in [0.05, 0.1) is 11.9 Å². The van der Waals surface area contributed by atoms with Gasteiger partial charge in [-0.3, -0.25) is 4.31 Å². The van der Waals surface area contributed by atoms with Crippen LogP contribution in [0.2, 0.25) is 0 Å². The second-order valence-electron chi connectivity index (χ2n) is 5.02. The summed E-state index contributed by atoms with van der Waals surface area (Å²) in [6, 6.07) is 7.42. The lowest BCUT2D eigenvalue weighted by molar-refractivity contribution is 0.517. The molecule has 96 valence electrons. The SMILES string of the molecule is CN(c1ccccc1CC(C)(C)N)S(C)(=O)=O. The molecule has 0 aliphatic heterocycles. The van der Waals surface area contributed by atoms with Crippen LogP contribution in [0.3, 0.4) is 0 Å². The van der Waals surface area contributed by atoms with Crippen molar-refractivity contribution >= 4 is 15.7 Å². The Bertz CT molecular complexity index is 489. The van der Waals surface area contributed by atoms with Crippen molar-refractivity contribution < 1.29 is 8.42 Å². The minimum atomic E-state index is -3.24. The van der Waals surface area contributed by atoms with Gasteiger partial charge in [0.2, 0.25) is 10.0 Å². The van der Waals surface area contributed by atoms with Crippen molar-refractivity contribution in [3.8, 4) is 0 Å². The van der Waals surface area contributed by atoms with E-state index in [0.29, 0.717) is 12.1 Å². The van der Waals surface area contributed by atoms with Crippen molar-refractivity contribution in [2.75, 3.05) is 17.6 Å². The summed E-state index contributed by atoms with van der Waals surface area (Å²) >= 11 is 0. The highest BCUT2D eigenvalue weighted by molar-refractivity contribution is 7.92. The highest BCUT2D eigenvalue weighted by Gasteiger charge is 2.19. The molecular formula is C12H20N2O2S. The van der Waals surface area contributed by atoms with Gasteiger partial charge in [0, 0.05) is 12.6 Å². The van der Waals surface area contributed by atoms with Gasteiger partial charge in [0.15, 0.2) is 0 Å². The first-order valence-electron chi connectivity index (χ1n) is 5.42. The molecule has 0 saturated heterocycles. The fourth-order valence-electron chi connectivity index (χ4n) is 1.64. The zero-order valence-corrected chi connectivity index (χ0v) is 11.6. The third-order valence-electron chi connectivity index (χ3n) is 2.47. The molecule has 0 bridgehead atoms. The first-order valence-corrected chi connectivity index (χ1v) is 7.27. The molecule has 2 N–H and O–H groups in total. The normalized spacial score (nSPS) is 12.5. The van der Waals surface area contributed by atoms with Crippen LogP contribution >= 0.6 is 0 Å². The number of hydrogen-bond donors (Lipinski definition) is 1. The second kappa shape index (κ2) is 4.66. The Hall–Kier alpha value is -1.07. The van der Waals surface area contributed by atoms with E-state index in [4.69, 9.17) is 5.73 Å². The van der Waals surface area contributed by atoms with Crippen molar-refractivity contribution in [1.29, 1.82) is 0 Å². The maximum absolute atomic E-state index is 11.5. The maximum Gasteiger partial charge on any atom is 0.232 e. The summed E-state index contributed by atoms with van der Waals surface area (Å²) in [7, 11) is -1.69. The summed E-state index contributed by atoms with van der Waals surface area (Å²) in [5.74, 6) is 0. The Kier molecular flexibility index (Phi) is 3.84. The number of nitrogens with zero attached hydrogens (tertiary/aromatic N) is 1. The van der Waals surface area contributed by atoms with Gasteiger partial charge in [-0.2, -0.15) is 0 Å². The van der Waals surface area contributed by atoms with Gasteiger partial charge in [-0.05, 0) is 31.9 Å². The predicted molar refractivity (Wildman–Crippen MR) is 71.7 cm³/mol. The van der Waals surface area contributed by atoms with Crippen LogP contribution in [0.1, 0.15) is 19.4 Å². The molecule has 1 aromatic carbocycles. The molecule has 0 heterocycles. The number of para-hydroxylation sites is 1. The van der Waals surface area contributed by atoms with E-state index in [9.17, 15) is 8.42 Å². The van der Waals surface area contributed by atoms with Crippen molar-refractivity contribution in [2.45, 2.75) is 25.8 Å². The third-order valence-corrected chi connectivity index (χ3v) is 3.67. The molecule has 4 nitrogen and oxygen atoms in total. The minimum absolute atomic E-state index is 0.367. The van der Waals surface area contributed by atoms with E-state index in [1.54, 1.807) is 13.1 Å². The van der Waals surface area contributed by atoms with E-state index >= 15 is 0 Å².